The molecule has 0 aliphatic heterocycles. The number of carbonyl (C=O) groups is 4. The van der Waals surface area contributed by atoms with Crippen LogP contribution in [0.15, 0.2) is 0 Å². The average molecular weight is 1540 g/mol. The summed E-state index contributed by atoms with van der Waals surface area (Å²) >= 11 is 0. The second-order valence-electron chi connectivity index (χ2n) is 32.6. The number of phosphoric acid groups is 2. The first-order valence-electron chi connectivity index (χ1n) is 44.2. The summed E-state index contributed by atoms with van der Waals surface area (Å²) in [5.41, 5.74) is 0. The second kappa shape index (κ2) is 74.8. The van der Waals surface area contributed by atoms with Gasteiger partial charge < -0.3 is 33.8 Å². The van der Waals surface area contributed by atoms with Gasteiger partial charge in [-0.3, -0.25) is 37.3 Å². The lowest BCUT2D eigenvalue weighted by Gasteiger charge is -2.21. The van der Waals surface area contributed by atoms with Gasteiger partial charge >= 0.3 is 39.5 Å². The van der Waals surface area contributed by atoms with Crippen molar-refractivity contribution in [3.63, 3.8) is 0 Å². The average Bonchev–Trinajstić information content (AvgIpc) is 0.910. The molecule has 0 saturated carbocycles. The third-order valence-electron chi connectivity index (χ3n) is 20.4. The lowest BCUT2D eigenvalue weighted by Crippen LogP contribution is -2.30. The molecule has 0 rings (SSSR count). The number of hydrogen-bond donors (Lipinski definition) is 3. The SMILES string of the molecule is CCC(C)CCCCCCCCCCCCC(=O)O[C@H](COC(=O)CCCCCCCCCCCC(C)C)COP(=O)(O)OC[C@H](O)COP(=O)(O)OC[C@@H](COC(=O)CCCCCCCCCCCCCCCCCC(C)C)OC(=O)CCCCCCCCCCCCCCCCCCCCC(C)C. The van der Waals surface area contributed by atoms with E-state index in [0.29, 0.717) is 25.7 Å². The summed E-state index contributed by atoms with van der Waals surface area (Å²) in [6.07, 6.45) is 63.8. The first-order chi connectivity index (χ1) is 50.6. The Bertz CT molecular complexity index is 2040. The molecule has 0 aliphatic carbocycles. The summed E-state index contributed by atoms with van der Waals surface area (Å²) in [5, 5.41) is 10.7. The molecule has 0 aromatic carbocycles. The quantitative estimate of drug-likeness (QED) is 0.0222. The largest absolute Gasteiger partial charge is 0.472 e. The third-order valence-corrected chi connectivity index (χ3v) is 22.3. The predicted octanol–water partition coefficient (Wildman–Crippen LogP) is 25.9. The first-order valence-corrected chi connectivity index (χ1v) is 47.2. The Balaban J connectivity index is 5.25. The molecule has 6 atom stereocenters. The molecule has 0 aliphatic rings. The topological polar surface area (TPSA) is 237 Å². The number of hydrogen-bond acceptors (Lipinski definition) is 15. The van der Waals surface area contributed by atoms with Gasteiger partial charge in [-0.2, -0.15) is 0 Å². The molecule has 0 aromatic heterocycles. The molecule has 624 valence electrons. The Morgan fingerprint density at radius 3 is 0.676 bits per heavy atom. The standard InChI is InChI=1S/C86H168O17P2/c1-9-79(8)65-57-49-41-33-27-28-36-45-53-61-69-86(91)103-82(73-97-84(89)67-59-51-43-37-29-32-40-48-56-64-78(6)7)75-101-105(94,95)99-71-80(87)70-98-104(92,93)100-74-81(72-96-83(88)66-58-50-42-34-25-21-18-14-16-20-24-31-39-47-55-63-77(4)5)102-85(90)68-60-52-44-35-26-22-17-13-11-10-12-15-19-23-30-38-46-54-62-76(2)3/h76-82,87H,9-75H2,1-8H3,(H,92,93)(H,94,95)/t79?,80-,81-,82-/m1/s1. The van der Waals surface area contributed by atoms with Gasteiger partial charge in [-0.25, -0.2) is 9.13 Å². The van der Waals surface area contributed by atoms with E-state index < -0.39 is 97.5 Å². The minimum absolute atomic E-state index is 0.106. The molecule has 0 radical (unpaired) electrons. The molecule has 3 N–H and O–H groups in total. The normalized spacial score (nSPS) is 14.2. The summed E-state index contributed by atoms with van der Waals surface area (Å²) in [6.45, 7) is 14.4. The monoisotopic (exact) mass is 1540 g/mol. The van der Waals surface area contributed by atoms with Crippen molar-refractivity contribution in [1.82, 2.24) is 0 Å². The molecule has 0 bridgehead atoms. The van der Waals surface area contributed by atoms with E-state index >= 15 is 0 Å². The number of rotatable bonds is 83. The molecule has 0 aromatic rings. The lowest BCUT2D eigenvalue weighted by molar-refractivity contribution is -0.161. The Morgan fingerprint density at radius 2 is 0.457 bits per heavy atom. The zero-order valence-electron chi connectivity index (χ0n) is 69.4. The van der Waals surface area contributed by atoms with Gasteiger partial charge in [0.1, 0.15) is 19.3 Å². The van der Waals surface area contributed by atoms with Crippen LogP contribution in [-0.2, 0) is 65.4 Å². The summed E-state index contributed by atoms with van der Waals surface area (Å²) in [6, 6.07) is 0. The summed E-state index contributed by atoms with van der Waals surface area (Å²) in [4.78, 5) is 73.2. The van der Waals surface area contributed by atoms with Crippen LogP contribution >= 0.6 is 15.6 Å². The maximum absolute atomic E-state index is 13.2. The zero-order chi connectivity index (χ0) is 77.4. The van der Waals surface area contributed by atoms with Crippen molar-refractivity contribution in [1.29, 1.82) is 0 Å². The van der Waals surface area contributed by atoms with Crippen LogP contribution in [0.3, 0.4) is 0 Å². The van der Waals surface area contributed by atoms with Crippen molar-refractivity contribution in [3.8, 4) is 0 Å². The van der Waals surface area contributed by atoms with E-state index in [0.717, 1.165) is 114 Å². The molecule has 0 saturated heterocycles. The Hall–Kier alpha value is -1.94. The third kappa shape index (κ3) is 78.5. The number of unbranched alkanes of at least 4 members (excludes halogenated alkanes) is 48. The van der Waals surface area contributed by atoms with Crippen molar-refractivity contribution >= 4 is 39.5 Å². The van der Waals surface area contributed by atoms with E-state index in [-0.39, 0.29) is 25.7 Å². The summed E-state index contributed by atoms with van der Waals surface area (Å²) in [5.74, 6) is 1.07. The molecule has 0 heterocycles. The number of ether oxygens (including phenoxy) is 4. The molecule has 19 heteroatoms. The van der Waals surface area contributed by atoms with E-state index in [2.05, 4.69) is 55.4 Å². The fourth-order valence-corrected chi connectivity index (χ4v) is 14.9. The minimum Gasteiger partial charge on any atom is -0.462 e. The van der Waals surface area contributed by atoms with Gasteiger partial charge in [-0.1, -0.05) is 396 Å². The van der Waals surface area contributed by atoms with Crippen LogP contribution in [0.4, 0.5) is 0 Å². The maximum atomic E-state index is 13.2. The lowest BCUT2D eigenvalue weighted by atomic mass is 9.99. The maximum Gasteiger partial charge on any atom is 0.472 e. The van der Waals surface area contributed by atoms with Crippen molar-refractivity contribution < 1.29 is 80.2 Å². The molecule has 17 nitrogen and oxygen atoms in total. The van der Waals surface area contributed by atoms with Gasteiger partial charge in [0, 0.05) is 25.7 Å². The van der Waals surface area contributed by atoms with Gasteiger partial charge in [-0.05, 0) is 49.4 Å². The zero-order valence-corrected chi connectivity index (χ0v) is 71.2. The van der Waals surface area contributed by atoms with Gasteiger partial charge in [0.25, 0.3) is 0 Å². The van der Waals surface area contributed by atoms with Crippen molar-refractivity contribution in [2.24, 2.45) is 23.7 Å². The van der Waals surface area contributed by atoms with E-state index in [4.69, 9.17) is 37.0 Å². The summed E-state index contributed by atoms with van der Waals surface area (Å²) in [7, 11) is -9.93. The van der Waals surface area contributed by atoms with Crippen LogP contribution in [0, 0.1) is 23.7 Å². The number of aliphatic hydroxyl groups is 1. The van der Waals surface area contributed by atoms with Crippen LogP contribution < -0.4 is 0 Å². The van der Waals surface area contributed by atoms with Crippen LogP contribution in [-0.4, -0.2) is 96.7 Å². The van der Waals surface area contributed by atoms with Crippen LogP contribution in [0.2, 0.25) is 0 Å². The predicted molar refractivity (Wildman–Crippen MR) is 432 cm³/mol. The number of esters is 4. The van der Waals surface area contributed by atoms with Crippen LogP contribution in [0.5, 0.6) is 0 Å². The highest BCUT2D eigenvalue weighted by Crippen LogP contribution is 2.45. The van der Waals surface area contributed by atoms with Crippen molar-refractivity contribution in [2.75, 3.05) is 39.6 Å². The van der Waals surface area contributed by atoms with Crippen molar-refractivity contribution in [3.05, 3.63) is 0 Å². The fourth-order valence-electron chi connectivity index (χ4n) is 13.3. The van der Waals surface area contributed by atoms with Gasteiger partial charge in [-0.15, -0.1) is 0 Å². The number of carbonyl (C=O) groups excluding carboxylic acids is 4. The smallest absolute Gasteiger partial charge is 0.462 e. The highest BCUT2D eigenvalue weighted by molar-refractivity contribution is 7.47. The van der Waals surface area contributed by atoms with Crippen LogP contribution in [0.25, 0.3) is 0 Å². The van der Waals surface area contributed by atoms with Gasteiger partial charge in [0.2, 0.25) is 0 Å². The van der Waals surface area contributed by atoms with E-state index in [1.54, 1.807) is 0 Å². The summed E-state index contributed by atoms with van der Waals surface area (Å²) < 4.78 is 68.9. The van der Waals surface area contributed by atoms with Crippen molar-refractivity contribution in [2.45, 2.75) is 465 Å². The Kier molecular flexibility index (Phi) is 73.4. The molecule has 0 fully saturated rings. The Morgan fingerprint density at radius 1 is 0.267 bits per heavy atom. The Labute approximate surface area is 645 Å². The number of aliphatic hydroxyl groups excluding tert-OH is 1. The highest BCUT2D eigenvalue weighted by Gasteiger charge is 2.31. The molecule has 0 amide bonds. The molecule has 0 spiro atoms. The fraction of sp³-hybridized carbons (Fsp3) is 0.953. The van der Waals surface area contributed by atoms with Crippen LogP contribution in [0.1, 0.15) is 447 Å². The van der Waals surface area contributed by atoms with Gasteiger partial charge in [0.05, 0.1) is 26.4 Å². The molecular formula is C86H168O17P2. The van der Waals surface area contributed by atoms with E-state index in [1.165, 1.54) is 250 Å². The molecule has 105 heavy (non-hydrogen) atoms. The molecular weight excluding hydrogens is 1370 g/mol. The van der Waals surface area contributed by atoms with E-state index in [1.807, 2.05) is 0 Å². The minimum atomic E-state index is -4.97. The number of phosphoric ester groups is 2. The van der Waals surface area contributed by atoms with Gasteiger partial charge in [0.15, 0.2) is 12.2 Å². The first kappa shape index (κ1) is 103. The highest BCUT2D eigenvalue weighted by atomic mass is 31.2. The molecule has 3 unspecified atom stereocenters. The van der Waals surface area contributed by atoms with E-state index in [9.17, 15) is 43.2 Å². The second-order valence-corrected chi connectivity index (χ2v) is 35.5.